The molecule has 1 amide bonds. The number of amides is 1. The van der Waals surface area contributed by atoms with Crippen LogP contribution < -0.4 is 5.32 Å². The van der Waals surface area contributed by atoms with E-state index in [4.69, 9.17) is 0 Å². The van der Waals surface area contributed by atoms with Gasteiger partial charge in [-0.3, -0.25) is 4.79 Å². The second-order valence-electron chi connectivity index (χ2n) is 3.55. The molecule has 0 aliphatic rings. The summed E-state index contributed by atoms with van der Waals surface area (Å²) < 4.78 is 5.58. The van der Waals surface area contributed by atoms with Crippen molar-refractivity contribution in [2.24, 2.45) is 0 Å². The molecule has 0 bridgehead atoms. The normalized spacial score (nSPS) is 10.1. The lowest BCUT2D eigenvalue weighted by molar-refractivity contribution is -0.111. The van der Waals surface area contributed by atoms with Gasteiger partial charge in [-0.15, -0.1) is 11.3 Å². The third-order valence-corrected chi connectivity index (χ3v) is 3.44. The van der Waals surface area contributed by atoms with E-state index >= 15 is 0 Å². The molecule has 0 atom stereocenters. The van der Waals surface area contributed by atoms with Gasteiger partial charge in [0.05, 0.1) is 7.11 Å². The Hall–Kier alpha value is -2.14. The first-order chi connectivity index (χ1) is 8.63. The summed E-state index contributed by atoms with van der Waals surface area (Å²) in [5, 5.41) is 3.61. The molecule has 92 valence electrons. The number of ether oxygens (including phenoxy) is 1. The Kier molecular flexibility index (Phi) is 3.43. The van der Waals surface area contributed by atoms with Crippen molar-refractivity contribution in [3.8, 4) is 0 Å². The Morgan fingerprint density at radius 1 is 1.39 bits per heavy atom. The number of esters is 1. The quantitative estimate of drug-likeness (QED) is 0.682. The van der Waals surface area contributed by atoms with Gasteiger partial charge in [-0.1, -0.05) is 12.6 Å². The van der Waals surface area contributed by atoms with Crippen molar-refractivity contribution in [2.45, 2.75) is 0 Å². The van der Waals surface area contributed by atoms with Crippen LogP contribution in [0.4, 0.5) is 5.69 Å². The maximum absolute atomic E-state index is 11.4. The summed E-state index contributed by atoms with van der Waals surface area (Å²) in [7, 11) is 1.35. The van der Waals surface area contributed by atoms with Crippen LogP contribution in [0, 0.1) is 0 Å². The van der Waals surface area contributed by atoms with E-state index in [-0.39, 0.29) is 11.9 Å². The highest BCUT2D eigenvalue weighted by Gasteiger charge is 2.10. The molecular formula is C13H11NO3S. The molecule has 0 fully saturated rings. The summed E-state index contributed by atoms with van der Waals surface area (Å²) in [6.07, 6.45) is 1.21. The van der Waals surface area contributed by atoms with Crippen LogP contribution >= 0.6 is 11.3 Å². The highest BCUT2D eigenvalue weighted by Crippen LogP contribution is 2.28. The van der Waals surface area contributed by atoms with E-state index in [0.29, 0.717) is 10.6 Å². The van der Waals surface area contributed by atoms with E-state index in [9.17, 15) is 9.59 Å². The first kappa shape index (κ1) is 12.3. The lowest BCUT2D eigenvalue weighted by Gasteiger charge is -2.01. The van der Waals surface area contributed by atoms with Gasteiger partial charge in [-0.05, 0) is 29.7 Å². The van der Waals surface area contributed by atoms with Crippen LogP contribution in [-0.2, 0) is 9.53 Å². The second kappa shape index (κ2) is 5.01. The second-order valence-corrected chi connectivity index (χ2v) is 4.63. The van der Waals surface area contributed by atoms with Crippen molar-refractivity contribution < 1.29 is 14.3 Å². The zero-order valence-corrected chi connectivity index (χ0v) is 10.5. The average Bonchev–Trinajstić information content (AvgIpc) is 2.80. The molecule has 0 aliphatic heterocycles. The molecule has 1 aromatic carbocycles. The van der Waals surface area contributed by atoms with E-state index in [0.717, 1.165) is 10.1 Å². The zero-order valence-electron chi connectivity index (χ0n) is 9.73. The molecule has 1 N–H and O–H groups in total. The number of fused-ring (bicyclic) bond motifs is 1. The Morgan fingerprint density at radius 2 is 2.17 bits per heavy atom. The Bertz CT molecular complexity index is 630. The summed E-state index contributed by atoms with van der Waals surface area (Å²) in [6.45, 7) is 3.39. The van der Waals surface area contributed by atoms with Crippen LogP contribution in [0.15, 0.2) is 36.9 Å². The van der Waals surface area contributed by atoms with E-state index in [1.807, 2.05) is 12.1 Å². The number of thiophene rings is 1. The van der Waals surface area contributed by atoms with Gasteiger partial charge < -0.3 is 10.1 Å². The summed E-state index contributed by atoms with van der Waals surface area (Å²) in [6, 6.07) is 7.20. The van der Waals surface area contributed by atoms with E-state index in [1.165, 1.54) is 24.5 Å². The third kappa shape index (κ3) is 2.41. The molecule has 4 nitrogen and oxygen atoms in total. The molecule has 0 saturated heterocycles. The Morgan fingerprint density at radius 3 is 2.83 bits per heavy atom. The van der Waals surface area contributed by atoms with Crippen LogP contribution in [0.2, 0.25) is 0 Å². The molecular weight excluding hydrogens is 250 g/mol. The predicted molar refractivity (Wildman–Crippen MR) is 72.0 cm³/mol. The van der Waals surface area contributed by atoms with Crippen molar-refractivity contribution in [1.82, 2.24) is 0 Å². The number of anilines is 1. The largest absolute Gasteiger partial charge is 0.465 e. The smallest absolute Gasteiger partial charge is 0.348 e. The lowest BCUT2D eigenvalue weighted by Crippen LogP contribution is -2.06. The maximum Gasteiger partial charge on any atom is 0.348 e. The molecule has 2 aromatic rings. The molecule has 0 spiro atoms. The molecule has 18 heavy (non-hydrogen) atoms. The fraction of sp³-hybridized carbons (Fsp3) is 0.0769. The van der Waals surface area contributed by atoms with Crippen molar-refractivity contribution in [2.75, 3.05) is 12.4 Å². The van der Waals surface area contributed by atoms with Crippen molar-refractivity contribution >= 4 is 39.0 Å². The van der Waals surface area contributed by atoms with Gasteiger partial charge in [-0.2, -0.15) is 0 Å². The van der Waals surface area contributed by atoms with Gasteiger partial charge in [0, 0.05) is 10.4 Å². The van der Waals surface area contributed by atoms with Crippen LogP contribution in [0.5, 0.6) is 0 Å². The standard InChI is InChI=1S/C13H11NO3S/c1-3-12(15)14-9-5-4-8-6-11(13(16)17-2)18-10(8)7-9/h3-7H,1H2,2H3,(H,14,15). The summed E-state index contributed by atoms with van der Waals surface area (Å²) in [5.41, 5.74) is 0.672. The van der Waals surface area contributed by atoms with Gasteiger partial charge in [-0.25, -0.2) is 4.79 Å². The summed E-state index contributed by atoms with van der Waals surface area (Å²) in [4.78, 5) is 23.1. The number of carbonyl (C=O) groups excluding carboxylic acids is 2. The zero-order chi connectivity index (χ0) is 13.1. The lowest BCUT2D eigenvalue weighted by atomic mass is 10.2. The highest BCUT2D eigenvalue weighted by molar-refractivity contribution is 7.20. The average molecular weight is 261 g/mol. The third-order valence-electron chi connectivity index (χ3n) is 2.36. The fourth-order valence-corrected chi connectivity index (χ4v) is 2.52. The van der Waals surface area contributed by atoms with Crippen molar-refractivity contribution in [1.29, 1.82) is 0 Å². The minimum atomic E-state index is -0.354. The molecule has 0 aliphatic carbocycles. The molecule has 5 heteroatoms. The van der Waals surface area contributed by atoms with Gasteiger partial charge in [0.1, 0.15) is 4.88 Å². The van der Waals surface area contributed by atoms with E-state index in [2.05, 4.69) is 16.6 Å². The van der Waals surface area contributed by atoms with Crippen molar-refractivity contribution in [3.63, 3.8) is 0 Å². The molecule has 0 unspecified atom stereocenters. The molecule has 2 rings (SSSR count). The Labute approximate surface area is 108 Å². The number of rotatable bonds is 3. The number of hydrogen-bond acceptors (Lipinski definition) is 4. The summed E-state index contributed by atoms with van der Waals surface area (Å²) in [5.74, 6) is -0.619. The first-order valence-corrected chi connectivity index (χ1v) is 6.01. The number of carbonyl (C=O) groups is 2. The van der Waals surface area contributed by atoms with Crippen LogP contribution in [0.25, 0.3) is 10.1 Å². The SMILES string of the molecule is C=CC(=O)Nc1ccc2cc(C(=O)OC)sc2c1. The molecule has 0 saturated carbocycles. The Balaban J connectivity index is 2.36. The topological polar surface area (TPSA) is 55.4 Å². The van der Waals surface area contributed by atoms with Gasteiger partial charge in [0.2, 0.25) is 5.91 Å². The van der Waals surface area contributed by atoms with Gasteiger partial charge >= 0.3 is 5.97 Å². The number of nitrogens with one attached hydrogen (secondary N) is 1. The van der Waals surface area contributed by atoms with Crippen LogP contribution in [-0.4, -0.2) is 19.0 Å². The predicted octanol–water partition coefficient (Wildman–Crippen LogP) is 2.81. The minimum absolute atomic E-state index is 0.265. The minimum Gasteiger partial charge on any atom is -0.465 e. The summed E-state index contributed by atoms with van der Waals surface area (Å²) >= 11 is 1.33. The maximum atomic E-state index is 11.4. The molecule has 1 heterocycles. The monoisotopic (exact) mass is 261 g/mol. The van der Waals surface area contributed by atoms with Crippen molar-refractivity contribution in [3.05, 3.63) is 41.8 Å². The highest BCUT2D eigenvalue weighted by atomic mass is 32.1. The first-order valence-electron chi connectivity index (χ1n) is 5.19. The van der Waals surface area contributed by atoms with E-state index in [1.54, 1.807) is 12.1 Å². The number of hydrogen-bond donors (Lipinski definition) is 1. The van der Waals surface area contributed by atoms with E-state index < -0.39 is 0 Å². The van der Waals surface area contributed by atoms with Crippen LogP contribution in [0.1, 0.15) is 9.67 Å². The van der Waals surface area contributed by atoms with Gasteiger partial charge in [0.15, 0.2) is 0 Å². The molecule has 0 radical (unpaired) electrons. The van der Waals surface area contributed by atoms with Gasteiger partial charge in [0.25, 0.3) is 0 Å². The van der Waals surface area contributed by atoms with Crippen LogP contribution in [0.3, 0.4) is 0 Å². The number of methoxy groups -OCH3 is 1. The number of benzene rings is 1. The molecule has 1 aromatic heterocycles. The fourth-order valence-electron chi connectivity index (χ4n) is 1.50.